The van der Waals surface area contributed by atoms with E-state index < -0.39 is 42.1 Å². The van der Waals surface area contributed by atoms with E-state index in [2.05, 4.69) is 5.32 Å². The van der Waals surface area contributed by atoms with E-state index in [1.165, 1.54) is 49.7 Å². The SMILES string of the molecule is CN1C(=O)c2ccc(NC(=O)COC(=O)c3ccc4c(c3)C(=O)N(Cc3ccco3)C4=O)cc2C1=O. The Kier molecular flexibility index (Phi) is 5.44. The minimum absolute atomic E-state index is 0.00720. The number of benzene rings is 2. The van der Waals surface area contributed by atoms with Crippen LogP contribution in [0.1, 0.15) is 57.6 Å². The van der Waals surface area contributed by atoms with Crippen molar-refractivity contribution in [2.45, 2.75) is 6.54 Å². The Bertz CT molecular complexity index is 1470. The number of nitrogens with zero attached hydrogens (tertiary/aromatic N) is 2. The molecule has 11 nitrogen and oxygen atoms in total. The van der Waals surface area contributed by atoms with Crippen LogP contribution >= 0.6 is 0 Å². The van der Waals surface area contributed by atoms with Gasteiger partial charge in [0.05, 0.1) is 40.6 Å². The Hall–Kier alpha value is -5.06. The molecule has 0 atom stereocenters. The standard InChI is InChI=1S/C25H17N3O8/c1-27-21(30)16-7-5-14(10-19(16)22(27)31)26-20(29)12-36-25(34)13-4-6-17-18(9-13)24(33)28(23(17)32)11-15-3-2-8-35-15/h2-10H,11-12H2,1H3,(H,26,29). The van der Waals surface area contributed by atoms with Gasteiger partial charge in [0, 0.05) is 12.7 Å². The molecule has 5 amide bonds. The van der Waals surface area contributed by atoms with E-state index >= 15 is 0 Å². The van der Waals surface area contributed by atoms with Crippen LogP contribution in [0.25, 0.3) is 0 Å². The molecule has 0 fully saturated rings. The monoisotopic (exact) mass is 487 g/mol. The van der Waals surface area contributed by atoms with Gasteiger partial charge in [-0.05, 0) is 48.5 Å². The molecule has 180 valence electrons. The summed E-state index contributed by atoms with van der Waals surface area (Å²) in [7, 11) is 1.36. The van der Waals surface area contributed by atoms with Crippen molar-refractivity contribution in [3.8, 4) is 0 Å². The second-order valence-electron chi connectivity index (χ2n) is 8.09. The molecule has 0 radical (unpaired) electrons. The molecule has 3 aromatic rings. The number of carbonyl (C=O) groups is 6. The lowest BCUT2D eigenvalue weighted by molar-refractivity contribution is -0.119. The second-order valence-corrected chi connectivity index (χ2v) is 8.09. The lowest BCUT2D eigenvalue weighted by atomic mass is 10.1. The molecule has 2 aromatic carbocycles. The van der Waals surface area contributed by atoms with E-state index in [4.69, 9.17) is 9.15 Å². The van der Waals surface area contributed by atoms with Gasteiger partial charge < -0.3 is 14.5 Å². The zero-order valence-electron chi connectivity index (χ0n) is 18.8. The highest BCUT2D eigenvalue weighted by molar-refractivity contribution is 6.22. The van der Waals surface area contributed by atoms with Crippen molar-refractivity contribution in [1.82, 2.24) is 9.80 Å². The van der Waals surface area contributed by atoms with Crippen molar-refractivity contribution in [2.24, 2.45) is 0 Å². The summed E-state index contributed by atoms with van der Waals surface area (Å²) < 4.78 is 10.2. The topological polar surface area (TPSA) is 143 Å². The maximum absolute atomic E-state index is 12.7. The number of fused-ring (bicyclic) bond motifs is 2. The molecule has 0 bridgehead atoms. The maximum atomic E-state index is 12.7. The lowest BCUT2D eigenvalue weighted by Gasteiger charge is -2.11. The normalized spacial score (nSPS) is 14.2. The lowest BCUT2D eigenvalue weighted by Crippen LogP contribution is -2.28. The van der Waals surface area contributed by atoms with Gasteiger partial charge in [-0.25, -0.2) is 4.79 Å². The summed E-state index contributed by atoms with van der Waals surface area (Å²) in [6.07, 6.45) is 1.43. The van der Waals surface area contributed by atoms with Gasteiger partial charge in [-0.3, -0.25) is 33.8 Å². The molecule has 1 N–H and O–H groups in total. The van der Waals surface area contributed by atoms with E-state index in [9.17, 15) is 28.8 Å². The molecule has 0 saturated heterocycles. The molecule has 11 heteroatoms. The number of ether oxygens (including phenoxy) is 1. The number of carbonyl (C=O) groups excluding carboxylic acids is 6. The number of furan rings is 1. The van der Waals surface area contributed by atoms with Crippen LogP contribution in [-0.2, 0) is 16.1 Å². The van der Waals surface area contributed by atoms with Crippen molar-refractivity contribution in [2.75, 3.05) is 19.0 Å². The van der Waals surface area contributed by atoms with E-state index in [-0.39, 0.29) is 40.0 Å². The van der Waals surface area contributed by atoms with Crippen LogP contribution in [0.4, 0.5) is 5.69 Å². The van der Waals surface area contributed by atoms with E-state index in [1.54, 1.807) is 12.1 Å². The number of hydrogen-bond acceptors (Lipinski definition) is 8. The van der Waals surface area contributed by atoms with Crippen molar-refractivity contribution >= 4 is 41.2 Å². The summed E-state index contributed by atoms with van der Waals surface area (Å²) in [5.41, 5.74) is 0.843. The van der Waals surface area contributed by atoms with Gasteiger partial charge in [-0.15, -0.1) is 0 Å². The van der Waals surface area contributed by atoms with Crippen LogP contribution < -0.4 is 5.32 Å². The number of anilines is 1. The average Bonchev–Trinajstić information content (AvgIpc) is 3.53. The Morgan fingerprint density at radius 1 is 0.861 bits per heavy atom. The van der Waals surface area contributed by atoms with Gasteiger partial charge >= 0.3 is 5.97 Å². The minimum Gasteiger partial charge on any atom is -0.467 e. The smallest absolute Gasteiger partial charge is 0.338 e. The largest absolute Gasteiger partial charge is 0.467 e. The number of amides is 5. The first-order valence-electron chi connectivity index (χ1n) is 10.7. The molecule has 1 aromatic heterocycles. The molecule has 2 aliphatic heterocycles. The van der Waals surface area contributed by atoms with E-state index in [0.29, 0.717) is 5.76 Å². The van der Waals surface area contributed by atoms with Crippen LogP contribution in [0, 0.1) is 0 Å². The van der Waals surface area contributed by atoms with Gasteiger partial charge in [-0.1, -0.05) is 0 Å². The highest BCUT2D eigenvalue weighted by Gasteiger charge is 2.37. The number of rotatable bonds is 6. The maximum Gasteiger partial charge on any atom is 0.338 e. The van der Waals surface area contributed by atoms with Gasteiger partial charge in [-0.2, -0.15) is 0 Å². The summed E-state index contributed by atoms with van der Waals surface area (Å²) in [5, 5.41) is 2.50. The number of esters is 1. The third-order valence-corrected chi connectivity index (χ3v) is 5.81. The summed E-state index contributed by atoms with van der Waals surface area (Å²) >= 11 is 0. The summed E-state index contributed by atoms with van der Waals surface area (Å²) in [4.78, 5) is 76.1. The zero-order chi connectivity index (χ0) is 25.6. The Morgan fingerprint density at radius 3 is 2.28 bits per heavy atom. The Morgan fingerprint density at radius 2 is 1.53 bits per heavy atom. The van der Waals surface area contributed by atoms with Crippen molar-refractivity contribution < 1.29 is 37.9 Å². The van der Waals surface area contributed by atoms with Crippen molar-refractivity contribution in [3.63, 3.8) is 0 Å². The minimum atomic E-state index is -0.867. The van der Waals surface area contributed by atoms with E-state index in [0.717, 1.165) is 9.80 Å². The highest BCUT2D eigenvalue weighted by Crippen LogP contribution is 2.27. The highest BCUT2D eigenvalue weighted by atomic mass is 16.5. The van der Waals surface area contributed by atoms with Crippen LogP contribution in [0.15, 0.2) is 59.2 Å². The quantitative estimate of drug-likeness (QED) is 0.411. The number of imide groups is 2. The van der Waals surface area contributed by atoms with Gasteiger partial charge in [0.25, 0.3) is 29.5 Å². The van der Waals surface area contributed by atoms with Crippen molar-refractivity contribution in [3.05, 3.63) is 88.4 Å². The molecule has 2 aliphatic rings. The van der Waals surface area contributed by atoms with Gasteiger partial charge in [0.2, 0.25) is 0 Å². The number of hydrogen-bond donors (Lipinski definition) is 1. The van der Waals surface area contributed by atoms with Crippen molar-refractivity contribution in [1.29, 1.82) is 0 Å². The summed E-state index contributed by atoms with van der Waals surface area (Å²) in [6.45, 7) is -0.685. The fourth-order valence-corrected chi connectivity index (χ4v) is 3.97. The molecular weight excluding hydrogens is 470 g/mol. The van der Waals surface area contributed by atoms with Gasteiger partial charge in [0.1, 0.15) is 5.76 Å². The fourth-order valence-electron chi connectivity index (χ4n) is 3.97. The molecular formula is C25H17N3O8. The zero-order valence-corrected chi connectivity index (χ0v) is 18.8. The Balaban J connectivity index is 1.22. The fraction of sp³-hybridized carbons (Fsp3) is 0.120. The molecule has 36 heavy (non-hydrogen) atoms. The third kappa shape index (κ3) is 3.82. The van der Waals surface area contributed by atoms with Gasteiger partial charge in [0.15, 0.2) is 6.61 Å². The molecule has 0 unspecified atom stereocenters. The predicted molar refractivity (Wildman–Crippen MR) is 121 cm³/mol. The van der Waals surface area contributed by atoms with Crippen LogP contribution in [0.2, 0.25) is 0 Å². The first-order chi connectivity index (χ1) is 17.2. The predicted octanol–water partition coefficient (Wildman–Crippen LogP) is 2.10. The molecule has 0 saturated carbocycles. The summed E-state index contributed by atoms with van der Waals surface area (Å²) in [5.74, 6) is -3.10. The first-order valence-corrected chi connectivity index (χ1v) is 10.7. The molecule has 0 spiro atoms. The molecule has 3 heterocycles. The van der Waals surface area contributed by atoms with Crippen LogP contribution in [0.5, 0.6) is 0 Å². The molecule has 0 aliphatic carbocycles. The van der Waals surface area contributed by atoms with Crippen LogP contribution in [0.3, 0.4) is 0 Å². The first kappa shape index (κ1) is 22.7. The summed E-state index contributed by atoms with van der Waals surface area (Å²) in [6, 6.07) is 11.5. The Labute approximate surface area is 203 Å². The van der Waals surface area contributed by atoms with Crippen LogP contribution in [-0.4, -0.2) is 59.0 Å². The number of nitrogens with one attached hydrogen (secondary N) is 1. The molecule has 5 rings (SSSR count). The average molecular weight is 487 g/mol. The third-order valence-electron chi connectivity index (χ3n) is 5.81. The van der Waals surface area contributed by atoms with E-state index in [1.807, 2.05) is 0 Å². The second kappa shape index (κ2) is 8.62.